The van der Waals surface area contributed by atoms with Gasteiger partial charge in [-0.1, -0.05) is 6.42 Å². The van der Waals surface area contributed by atoms with E-state index in [9.17, 15) is 4.79 Å². The number of hydrogen-bond acceptors (Lipinski definition) is 2. The van der Waals surface area contributed by atoms with Crippen molar-refractivity contribution in [2.45, 2.75) is 44.6 Å². The smallest absolute Gasteiger partial charge is 0.166 e. The summed E-state index contributed by atoms with van der Waals surface area (Å²) in [4.78, 5) is 12.5. The van der Waals surface area contributed by atoms with Gasteiger partial charge in [0.25, 0.3) is 0 Å². The van der Waals surface area contributed by atoms with Gasteiger partial charge in [-0.05, 0) is 68.2 Å². The fourth-order valence-electron chi connectivity index (χ4n) is 3.86. The topological polar surface area (TPSA) is 26.3 Å². The molecular weight excluding hydrogens is 236 g/mol. The summed E-state index contributed by atoms with van der Waals surface area (Å²) in [5, 5.41) is 0. The second-order valence-electron chi connectivity index (χ2n) is 6.49. The summed E-state index contributed by atoms with van der Waals surface area (Å²) in [5.41, 5.74) is 0.876. The number of benzene rings is 1. The lowest BCUT2D eigenvalue weighted by atomic mass is 9.83. The van der Waals surface area contributed by atoms with Crippen molar-refractivity contribution < 1.29 is 9.53 Å². The normalized spacial score (nSPS) is 32.5. The number of fused-ring (bicyclic) bond motifs is 2. The molecule has 3 atom stereocenters. The van der Waals surface area contributed by atoms with Gasteiger partial charge < -0.3 is 4.74 Å². The Morgan fingerprint density at radius 3 is 2.37 bits per heavy atom. The molecule has 1 aromatic rings. The molecule has 4 rings (SSSR count). The predicted octanol–water partition coefficient (Wildman–Crippen LogP) is 3.85. The summed E-state index contributed by atoms with van der Waals surface area (Å²) in [5.74, 6) is 3.07. The average Bonchev–Trinajstić information content (AvgIpc) is 3.01. The van der Waals surface area contributed by atoms with E-state index in [-0.39, 0.29) is 0 Å². The standard InChI is InChI=1S/C17H20O2/c18-17(16-10-11-1-2-13(16)9-11)12-3-5-14(6-4-12)19-15-7-8-15/h3-6,11,13,15-16H,1-2,7-10H2. The molecule has 3 unspecified atom stereocenters. The number of ether oxygens (including phenoxy) is 1. The summed E-state index contributed by atoms with van der Waals surface area (Å²) in [6.07, 6.45) is 7.81. The van der Waals surface area contributed by atoms with Crippen LogP contribution in [0.2, 0.25) is 0 Å². The molecule has 3 aliphatic rings. The monoisotopic (exact) mass is 256 g/mol. The molecule has 0 aliphatic heterocycles. The maximum absolute atomic E-state index is 12.5. The molecule has 0 heterocycles. The van der Waals surface area contributed by atoms with Crippen molar-refractivity contribution in [3.05, 3.63) is 29.8 Å². The van der Waals surface area contributed by atoms with Crippen molar-refractivity contribution in [1.29, 1.82) is 0 Å². The van der Waals surface area contributed by atoms with Gasteiger partial charge in [-0.2, -0.15) is 0 Å². The molecule has 3 saturated carbocycles. The number of Topliss-reactive ketones (excluding diaryl/α,β-unsaturated/α-hetero) is 1. The van der Waals surface area contributed by atoms with E-state index >= 15 is 0 Å². The summed E-state index contributed by atoms with van der Waals surface area (Å²) in [6.45, 7) is 0. The summed E-state index contributed by atoms with van der Waals surface area (Å²) in [7, 11) is 0. The first-order valence-corrected chi connectivity index (χ1v) is 7.60. The van der Waals surface area contributed by atoms with Gasteiger partial charge in [-0.15, -0.1) is 0 Å². The van der Waals surface area contributed by atoms with Crippen molar-refractivity contribution in [2.75, 3.05) is 0 Å². The molecule has 3 aliphatic carbocycles. The number of carbonyl (C=O) groups excluding carboxylic acids is 1. The Morgan fingerprint density at radius 1 is 1.00 bits per heavy atom. The van der Waals surface area contributed by atoms with Crippen LogP contribution in [0, 0.1) is 17.8 Å². The van der Waals surface area contributed by atoms with Gasteiger partial charge in [-0.25, -0.2) is 0 Å². The molecule has 0 spiro atoms. The highest BCUT2D eigenvalue weighted by Crippen LogP contribution is 2.49. The van der Waals surface area contributed by atoms with Crippen LogP contribution < -0.4 is 4.74 Å². The highest BCUT2D eigenvalue weighted by atomic mass is 16.5. The van der Waals surface area contributed by atoms with Gasteiger partial charge in [0.05, 0.1) is 6.10 Å². The summed E-state index contributed by atoms with van der Waals surface area (Å²) >= 11 is 0. The fourth-order valence-corrected chi connectivity index (χ4v) is 3.86. The second kappa shape index (κ2) is 4.36. The first-order valence-electron chi connectivity index (χ1n) is 7.60. The second-order valence-corrected chi connectivity index (χ2v) is 6.49. The van der Waals surface area contributed by atoms with Crippen molar-refractivity contribution >= 4 is 5.78 Å². The largest absolute Gasteiger partial charge is 0.490 e. The van der Waals surface area contributed by atoms with Crippen LogP contribution in [-0.4, -0.2) is 11.9 Å². The Labute approximate surface area is 114 Å². The van der Waals surface area contributed by atoms with E-state index < -0.39 is 0 Å². The van der Waals surface area contributed by atoms with Gasteiger partial charge in [-0.3, -0.25) is 4.79 Å². The van der Waals surface area contributed by atoms with Crippen LogP contribution in [0.3, 0.4) is 0 Å². The van der Waals surface area contributed by atoms with Gasteiger partial charge in [0.1, 0.15) is 5.75 Å². The van der Waals surface area contributed by atoms with E-state index in [1.807, 2.05) is 24.3 Å². The molecule has 1 aromatic carbocycles. The van der Waals surface area contributed by atoms with Crippen LogP contribution in [-0.2, 0) is 0 Å². The van der Waals surface area contributed by atoms with Gasteiger partial charge in [0.2, 0.25) is 0 Å². The quantitative estimate of drug-likeness (QED) is 0.765. The highest BCUT2D eigenvalue weighted by molar-refractivity contribution is 5.98. The van der Waals surface area contributed by atoms with E-state index in [0.717, 1.165) is 23.7 Å². The fraction of sp³-hybridized carbons (Fsp3) is 0.588. The number of ketones is 1. The van der Waals surface area contributed by atoms with E-state index in [2.05, 4.69) is 0 Å². The third kappa shape index (κ3) is 2.18. The SMILES string of the molecule is O=C(c1ccc(OC2CC2)cc1)C1CC2CCC1C2. The van der Waals surface area contributed by atoms with Gasteiger partial charge in [0, 0.05) is 11.5 Å². The molecule has 2 bridgehead atoms. The van der Waals surface area contributed by atoms with Crippen molar-refractivity contribution in [1.82, 2.24) is 0 Å². The first-order chi connectivity index (χ1) is 9.29. The minimum Gasteiger partial charge on any atom is -0.490 e. The van der Waals surface area contributed by atoms with E-state index in [4.69, 9.17) is 4.74 Å². The molecule has 0 aromatic heterocycles. The van der Waals surface area contributed by atoms with Crippen LogP contribution in [0.5, 0.6) is 5.75 Å². The maximum atomic E-state index is 12.5. The molecule has 2 nitrogen and oxygen atoms in total. The minimum atomic E-state index is 0.300. The molecule has 19 heavy (non-hydrogen) atoms. The predicted molar refractivity (Wildman–Crippen MR) is 73.4 cm³/mol. The molecule has 100 valence electrons. The molecule has 2 heteroatoms. The Hall–Kier alpha value is -1.31. The zero-order valence-corrected chi connectivity index (χ0v) is 11.2. The molecule has 0 N–H and O–H groups in total. The number of rotatable bonds is 4. The van der Waals surface area contributed by atoms with Gasteiger partial charge in [0.15, 0.2) is 5.78 Å². The van der Waals surface area contributed by atoms with Crippen LogP contribution in [0.25, 0.3) is 0 Å². The molecule has 3 fully saturated rings. The zero-order valence-electron chi connectivity index (χ0n) is 11.2. The van der Waals surface area contributed by atoms with Crippen molar-refractivity contribution in [3.8, 4) is 5.75 Å². The van der Waals surface area contributed by atoms with E-state index in [0.29, 0.717) is 23.7 Å². The third-order valence-electron chi connectivity index (χ3n) is 5.04. The maximum Gasteiger partial charge on any atom is 0.166 e. The van der Waals surface area contributed by atoms with Crippen LogP contribution in [0.1, 0.15) is 48.9 Å². The average molecular weight is 256 g/mol. The number of carbonyl (C=O) groups is 1. The Kier molecular flexibility index (Phi) is 2.64. The van der Waals surface area contributed by atoms with Crippen LogP contribution in [0.4, 0.5) is 0 Å². The zero-order chi connectivity index (χ0) is 12.8. The van der Waals surface area contributed by atoms with Crippen molar-refractivity contribution in [3.63, 3.8) is 0 Å². The van der Waals surface area contributed by atoms with Crippen LogP contribution >= 0.6 is 0 Å². The lowest BCUT2D eigenvalue weighted by Gasteiger charge is -2.20. The Balaban J connectivity index is 1.47. The van der Waals surface area contributed by atoms with Gasteiger partial charge >= 0.3 is 0 Å². The molecule has 0 saturated heterocycles. The molecule has 0 radical (unpaired) electrons. The van der Waals surface area contributed by atoms with E-state index in [1.54, 1.807) is 0 Å². The van der Waals surface area contributed by atoms with Crippen molar-refractivity contribution in [2.24, 2.45) is 17.8 Å². The molecular formula is C17H20O2. The number of hydrogen-bond donors (Lipinski definition) is 0. The third-order valence-corrected chi connectivity index (χ3v) is 5.04. The minimum absolute atomic E-state index is 0.300. The lowest BCUT2D eigenvalue weighted by molar-refractivity contribution is 0.0874. The Bertz CT molecular complexity index is 486. The first kappa shape index (κ1) is 11.5. The molecule has 0 amide bonds. The van der Waals surface area contributed by atoms with E-state index in [1.165, 1.54) is 32.1 Å². The Morgan fingerprint density at radius 2 is 1.79 bits per heavy atom. The summed E-state index contributed by atoms with van der Waals surface area (Å²) in [6, 6.07) is 7.82. The lowest BCUT2D eigenvalue weighted by Crippen LogP contribution is -2.20. The van der Waals surface area contributed by atoms with Crippen LogP contribution in [0.15, 0.2) is 24.3 Å². The highest BCUT2D eigenvalue weighted by Gasteiger charge is 2.43. The summed E-state index contributed by atoms with van der Waals surface area (Å²) < 4.78 is 5.72.